The predicted molar refractivity (Wildman–Crippen MR) is 141 cm³/mol. The lowest BCUT2D eigenvalue weighted by atomic mass is 9.63. The van der Waals surface area contributed by atoms with Crippen LogP contribution in [0.5, 0.6) is 0 Å². The molecule has 5 unspecified atom stereocenters. The lowest BCUT2D eigenvalue weighted by molar-refractivity contribution is -0.145. The molecule has 4 nitrogen and oxygen atoms in total. The largest absolute Gasteiger partial charge is 0.466 e. The van der Waals surface area contributed by atoms with Crippen molar-refractivity contribution in [1.82, 2.24) is 9.80 Å². The van der Waals surface area contributed by atoms with E-state index in [4.69, 9.17) is 4.74 Å². The van der Waals surface area contributed by atoms with E-state index in [1.165, 1.54) is 71.1 Å². The number of piperidine rings is 2. The molecule has 0 aromatic rings. The predicted octanol–water partition coefficient (Wildman–Crippen LogP) is 6.24. The Labute approximate surface area is 210 Å². The van der Waals surface area contributed by atoms with Gasteiger partial charge in [-0.25, -0.2) is 0 Å². The van der Waals surface area contributed by atoms with Crippen LogP contribution in [0.15, 0.2) is 0 Å². The molecule has 2 aliphatic carbocycles. The molecule has 0 aromatic carbocycles. The Morgan fingerprint density at radius 1 is 1.00 bits per heavy atom. The number of hydrogen-bond donors (Lipinski definition) is 0. The molecule has 0 spiro atoms. The summed E-state index contributed by atoms with van der Waals surface area (Å²) in [5, 5.41) is 0. The SMILES string of the molecule is CCOC(=O)C1CC1CN1CCC(C)(CC(C)CC2CC2N2CCC(C)(C(C)(C)C)CC2)CC1. The Morgan fingerprint density at radius 3 is 2.24 bits per heavy atom. The summed E-state index contributed by atoms with van der Waals surface area (Å²) in [5.74, 6) is 2.56. The Kier molecular flexibility index (Phi) is 7.81. The third-order valence-corrected chi connectivity index (χ3v) is 10.7. The monoisotopic (exact) mass is 474 g/mol. The maximum Gasteiger partial charge on any atom is 0.309 e. The maximum atomic E-state index is 11.9. The summed E-state index contributed by atoms with van der Waals surface area (Å²) in [5.41, 5.74) is 1.43. The van der Waals surface area contributed by atoms with Gasteiger partial charge >= 0.3 is 5.97 Å². The summed E-state index contributed by atoms with van der Waals surface area (Å²) >= 11 is 0. The van der Waals surface area contributed by atoms with Crippen LogP contribution in [0.2, 0.25) is 0 Å². The molecule has 0 N–H and O–H groups in total. The number of carbonyl (C=O) groups is 1. The molecule has 0 aromatic heterocycles. The fraction of sp³-hybridized carbons (Fsp3) is 0.967. The first-order chi connectivity index (χ1) is 15.9. The van der Waals surface area contributed by atoms with Crippen molar-refractivity contribution >= 4 is 5.97 Å². The van der Waals surface area contributed by atoms with Crippen molar-refractivity contribution < 1.29 is 9.53 Å². The van der Waals surface area contributed by atoms with Gasteiger partial charge in [-0.3, -0.25) is 4.79 Å². The van der Waals surface area contributed by atoms with Crippen molar-refractivity contribution in [3.05, 3.63) is 0 Å². The van der Waals surface area contributed by atoms with Crippen molar-refractivity contribution in [2.75, 3.05) is 39.3 Å². The number of likely N-dealkylation sites (tertiary alicyclic amines) is 2. The minimum absolute atomic E-state index is 0.0364. The van der Waals surface area contributed by atoms with Crippen LogP contribution in [-0.4, -0.2) is 61.1 Å². The van der Waals surface area contributed by atoms with Crippen LogP contribution >= 0.6 is 0 Å². The molecular formula is C30H54N2O2. The Bertz CT molecular complexity index is 697. The highest BCUT2D eigenvalue weighted by Gasteiger charge is 2.48. The second kappa shape index (κ2) is 10.0. The number of nitrogens with zero attached hydrogens (tertiary/aromatic N) is 2. The van der Waals surface area contributed by atoms with Crippen LogP contribution < -0.4 is 0 Å². The van der Waals surface area contributed by atoms with Gasteiger partial charge in [0.1, 0.15) is 0 Å². The van der Waals surface area contributed by atoms with Gasteiger partial charge in [0.25, 0.3) is 0 Å². The molecule has 5 atom stereocenters. The van der Waals surface area contributed by atoms with Gasteiger partial charge in [-0.15, -0.1) is 0 Å². The fourth-order valence-electron chi connectivity index (χ4n) is 7.27. The van der Waals surface area contributed by atoms with Gasteiger partial charge in [-0.2, -0.15) is 0 Å². The topological polar surface area (TPSA) is 32.8 Å². The van der Waals surface area contributed by atoms with Crippen molar-refractivity contribution in [3.63, 3.8) is 0 Å². The fourth-order valence-corrected chi connectivity index (χ4v) is 7.27. The summed E-state index contributed by atoms with van der Waals surface area (Å²) in [6.45, 7) is 23.4. The van der Waals surface area contributed by atoms with Gasteiger partial charge in [0, 0.05) is 12.6 Å². The zero-order valence-electron chi connectivity index (χ0n) is 23.5. The lowest BCUT2D eigenvalue weighted by Gasteiger charge is -2.48. The van der Waals surface area contributed by atoms with E-state index < -0.39 is 0 Å². The molecule has 4 fully saturated rings. The summed E-state index contributed by atoms with van der Waals surface area (Å²) in [6, 6.07) is 0.882. The average molecular weight is 475 g/mol. The van der Waals surface area contributed by atoms with E-state index in [1.54, 1.807) is 0 Å². The molecule has 2 heterocycles. The highest BCUT2D eigenvalue weighted by Crippen LogP contribution is 2.50. The summed E-state index contributed by atoms with van der Waals surface area (Å²) < 4.78 is 5.21. The highest BCUT2D eigenvalue weighted by atomic mass is 16.5. The first kappa shape index (κ1) is 26.5. The van der Waals surface area contributed by atoms with Crippen LogP contribution in [0.1, 0.15) is 99.8 Å². The van der Waals surface area contributed by atoms with E-state index in [9.17, 15) is 4.79 Å². The van der Waals surface area contributed by atoms with E-state index in [-0.39, 0.29) is 11.9 Å². The molecule has 4 aliphatic rings. The van der Waals surface area contributed by atoms with Crippen molar-refractivity contribution in [2.24, 2.45) is 39.9 Å². The first-order valence-electron chi connectivity index (χ1n) is 14.6. The van der Waals surface area contributed by atoms with Gasteiger partial charge < -0.3 is 14.5 Å². The smallest absolute Gasteiger partial charge is 0.309 e. The minimum atomic E-state index is 0.0364. The standard InChI is InChI=1S/C30H54N2O2/c1-8-34-27(33)25-18-24(25)21-31-13-9-29(6,10-14-31)20-22(2)17-23-19-26(23)32-15-11-30(7,12-16-32)28(3,4)5/h22-26H,8-21H2,1-7H3. The molecule has 34 heavy (non-hydrogen) atoms. The summed E-state index contributed by atoms with van der Waals surface area (Å²) in [6.07, 6.45) is 10.7. The van der Waals surface area contributed by atoms with E-state index in [0.29, 0.717) is 28.8 Å². The summed E-state index contributed by atoms with van der Waals surface area (Å²) in [7, 11) is 0. The molecule has 4 rings (SSSR count). The maximum absolute atomic E-state index is 11.9. The van der Waals surface area contributed by atoms with Gasteiger partial charge in [0.2, 0.25) is 0 Å². The second-order valence-corrected chi connectivity index (χ2v) is 14.4. The third kappa shape index (κ3) is 6.20. The van der Waals surface area contributed by atoms with Gasteiger partial charge in [-0.05, 0) is 118 Å². The molecule has 0 amide bonds. The Hall–Kier alpha value is -0.610. The molecule has 4 heteroatoms. The van der Waals surface area contributed by atoms with Crippen molar-refractivity contribution in [3.8, 4) is 0 Å². The second-order valence-electron chi connectivity index (χ2n) is 14.4. The van der Waals surface area contributed by atoms with E-state index in [0.717, 1.165) is 30.8 Å². The van der Waals surface area contributed by atoms with Crippen LogP contribution in [0, 0.1) is 39.9 Å². The zero-order valence-corrected chi connectivity index (χ0v) is 23.5. The van der Waals surface area contributed by atoms with Crippen LogP contribution in [0.3, 0.4) is 0 Å². The van der Waals surface area contributed by atoms with Gasteiger partial charge in [0.05, 0.1) is 12.5 Å². The van der Waals surface area contributed by atoms with Gasteiger partial charge in [-0.1, -0.05) is 41.5 Å². The third-order valence-electron chi connectivity index (χ3n) is 10.7. The quantitative estimate of drug-likeness (QED) is 0.370. The van der Waals surface area contributed by atoms with Gasteiger partial charge in [0.15, 0.2) is 0 Å². The molecule has 2 saturated heterocycles. The number of hydrogen-bond acceptors (Lipinski definition) is 4. The molecule has 196 valence electrons. The molecule has 2 saturated carbocycles. The Balaban J connectivity index is 1.13. The number of esters is 1. The molecule has 2 aliphatic heterocycles. The molecule has 0 bridgehead atoms. The normalized spacial score (nSPS) is 34.4. The van der Waals surface area contributed by atoms with E-state index in [1.807, 2.05) is 6.92 Å². The lowest BCUT2D eigenvalue weighted by Crippen LogP contribution is -2.45. The minimum Gasteiger partial charge on any atom is -0.466 e. The van der Waals surface area contributed by atoms with Crippen LogP contribution in [-0.2, 0) is 9.53 Å². The van der Waals surface area contributed by atoms with Crippen LogP contribution in [0.25, 0.3) is 0 Å². The average Bonchev–Trinajstić information content (AvgIpc) is 3.67. The zero-order chi connectivity index (χ0) is 24.7. The molecular weight excluding hydrogens is 420 g/mol. The summed E-state index contributed by atoms with van der Waals surface area (Å²) in [4.78, 5) is 17.4. The molecule has 0 radical (unpaired) electrons. The van der Waals surface area contributed by atoms with Crippen LogP contribution in [0.4, 0.5) is 0 Å². The number of carbonyl (C=O) groups excluding carboxylic acids is 1. The van der Waals surface area contributed by atoms with Crippen molar-refractivity contribution in [1.29, 1.82) is 0 Å². The first-order valence-corrected chi connectivity index (χ1v) is 14.6. The number of ether oxygens (including phenoxy) is 1. The van der Waals surface area contributed by atoms with E-state index in [2.05, 4.69) is 51.3 Å². The van der Waals surface area contributed by atoms with E-state index >= 15 is 0 Å². The highest BCUT2D eigenvalue weighted by molar-refractivity contribution is 5.75. The number of rotatable bonds is 9. The Morgan fingerprint density at radius 2 is 1.65 bits per heavy atom. The van der Waals surface area contributed by atoms with Crippen molar-refractivity contribution in [2.45, 2.75) is 106 Å².